The molecular formula is C10H13N3O4. The van der Waals surface area contributed by atoms with Gasteiger partial charge in [-0.2, -0.15) is 4.98 Å². The molecular weight excluding hydrogens is 226 g/mol. The maximum atomic E-state index is 11.8. The normalized spacial score (nSPS) is 17.2. The number of nitrogens with zero attached hydrogens (tertiary/aromatic N) is 2. The highest BCUT2D eigenvalue weighted by molar-refractivity contribution is 6.02. The van der Waals surface area contributed by atoms with Gasteiger partial charge in [-0.15, -0.1) is 0 Å². The number of aliphatic carboxylic acids is 1. The largest absolute Gasteiger partial charge is 0.480 e. The second-order valence-electron chi connectivity index (χ2n) is 4.09. The molecule has 1 amide bonds. The van der Waals surface area contributed by atoms with Crippen molar-refractivity contribution in [3.05, 3.63) is 12.2 Å². The molecule has 1 saturated carbocycles. The van der Waals surface area contributed by atoms with Crippen LogP contribution in [0.3, 0.4) is 0 Å². The summed E-state index contributed by atoms with van der Waals surface area (Å²) >= 11 is 0. The molecule has 1 aromatic heterocycles. The third-order valence-electron chi connectivity index (χ3n) is 3.09. The smallest absolute Gasteiger partial charge is 0.319 e. The third-order valence-corrected chi connectivity index (χ3v) is 3.09. The first-order valence-corrected chi connectivity index (χ1v) is 5.42. The summed E-state index contributed by atoms with van der Waals surface area (Å²) in [7, 11) is 0. The topological polar surface area (TPSA) is 105 Å². The first-order valence-electron chi connectivity index (χ1n) is 5.42. The molecule has 2 rings (SSSR count). The summed E-state index contributed by atoms with van der Waals surface area (Å²) in [6.07, 6.45) is 3.25. The van der Waals surface area contributed by atoms with Crippen LogP contribution in [0.25, 0.3) is 0 Å². The van der Waals surface area contributed by atoms with Crippen molar-refractivity contribution in [3.8, 4) is 0 Å². The summed E-state index contributed by atoms with van der Waals surface area (Å²) in [5, 5.41) is 15.2. The molecule has 7 heteroatoms. The number of hydrogen-bond donors (Lipinski definition) is 2. The first kappa shape index (κ1) is 11.6. The van der Waals surface area contributed by atoms with E-state index in [4.69, 9.17) is 5.11 Å². The molecule has 0 unspecified atom stereocenters. The summed E-state index contributed by atoms with van der Waals surface area (Å²) in [5.41, 5.74) is -1.21. The minimum atomic E-state index is -1.21. The number of amides is 1. The van der Waals surface area contributed by atoms with E-state index >= 15 is 0 Å². The van der Waals surface area contributed by atoms with Gasteiger partial charge in [-0.1, -0.05) is 11.6 Å². The Morgan fingerprint density at radius 3 is 2.76 bits per heavy atom. The zero-order valence-electron chi connectivity index (χ0n) is 9.18. The summed E-state index contributed by atoms with van der Waals surface area (Å²) in [4.78, 5) is 26.6. The molecule has 0 atom stereocenters. The van der Waals surface area contributed by atoms with Gasteiger partial charge in [0.05, 0.1) is 0 Å². The van der Waals surface area contributed by atoms with Gasteiger partial charge in [0.15, 0.2) is 5.82 Å². The summed E-state index contributed by atoms with van der Waals surface area (Å²) in [5.74, 6) is -0.969. The highest BCUT2D eigenvalue weighted by atomic mass is 16.5. The van der Waals surface area contributed by atoms with Crippen molar-refractivity contribution in [3.63, 3.8) is 0 Å². The van der Waals surface area contributed by atoms with Gasteiger partial charge in [-0.05, 0) is 12.8 Å². The Morgan fingerprint density at radius 1 is 1.53 bits per heavy atom. The van der Waals surface area contributed by atoms with Crippen LogP contribution in [0.1, 0.15) is 25.1 Å². The van der Waals surface area contributed by atoms with Crippen LogP contribution in [-0.4, -0.2) is 33.7 Å². The lowest BCUT2D eigenvalue weighted by Gasteiger charge is -2.35. The zero-order valence-corrected chi connectivity index (χ0v) is 9.18. The molecule has 0 aromatic carbocycles. The fourth-order valence-electron chi connectivity index (χ4n) is 1.83. The van der Waals surface area contributed by atoms with Gasteiger partial charge in [0, 0.05) is 13.0 Å². The van der Waals surface area contributed by atoms with Gasteiger partial charge < -0.3 is 14.9 Å². The van der Waals surface area contributed by atoms with Gasteiger partial charge in [0.25, 0.3) is 0 Å². The fraction of sp³-hybridized carbons (Fsp3) is 0.600. The van der Waals surface area contributed by atoms with Crippen LogP contribution in [0.4, 0.5) is 0 Å². The Balaban J connectivity index is 1.83. The Kier molecular flexibility index (Phi) is 3.08. The molecule has 1 aliphatic rings. The van der Waals surface area contributed by atoms with E-state index in [0.29, 0.717) is 31.6 Å². The highest BCUT2D eigenvalue weighted by Gasteiger charge is 2.50. The number of rotatable bonds is 5. The Bertz CT molecular complexity index is 411. The van der Waals surface area contributed by atoms with Crippen LogP contribution >= 0.6 is 0 Å². The van der Waals surface area contributed by atoms with Crippen molar-refractivity contribution in [1.82, 2.24) is 15.5 Å². The van der Waals surface area contributed by atoms with Gasteiger partial charge in [-0.3, -0.25) is 9.59 Å². The minimum absolute atomic E-state index is 0.313. The third kappa shape index (κ3) is 2.13. The maximum Gasteiger partial charge on any atom is 0.319 e. The number of hydrogen-bond acceptors (Lipinski definition) is 5. The van der Waals surface area contributed by atoms with Crippen LogP contribution in [-0.2, 0) is 16.0 Å². The van der Waals surface area contributed by atoms with E-state index in [-0.39, 0.29) is 0 Å². The van der Waals surface area contributed by atoms with E-state index in [1.54, 1.807) is 0 Å². The molecule has 1 fully saturated rings. The van der Waals surface area contributed by atoms with Gasteiger partial charge in [0.2, 0.25) is 12.3 Å². The average molecular weight is 239 g/mol. The second kappa shape index (κ2) is 4.52. The molecule has 7 nitrogen and oxygen atoms in total. The SMILES string of the molecule is O=C(O)C1(C(=O)NCCc2ncon2)CCC1. The van der Waals surface area contributed by atoms with E-state index in [2.05, 4.69) is 20.0 Å². The standard InChI is InChI=1S/C10H13N3O4/c14-8(10(9(15)16)3-1-4-10)11-5-2-7-12-6-17-13-7/h6H,1-5H2,(H,11,14)(H,15,16). The highest BCUT2D eigenvalue weighted by Crippen LogP contribution is 2.41. The van der Waals surface area contributed by atoms with Crippen molar-refractivity contribution < 1.29 is 19.2 Å². The summed E-state index contributed by atoms with van der Waals surface area (Å²) in [6.45, 7) is 0.313. The van der Waals surface area contributed by atoms with Gasteiger partial charge >= 0.3 is 5.97 Å². The van der Waals surface area contributed by atoms with Crippen molar-refractivity contribution in [2.75, 3.05) is 6.54 Å². The van der Waals surface area contributed by atoms with Crippen LogP contribution < -0.4 is 5.32 Å². The molecule has 1 aromatic rings. The predicted molar refractivity (Wildman–Crippen MR) is 54.9 cm³/mol. The average Bonchev–Trinajstić information content (AvgIpc) is 2.67. The number of carbonyl (C=O) groups excluding carboxylic acids is 1. The molecule has 1 aliphatic carbocycles. The lowest BCUT2D eigenvalue weighted by molar-refractivity contribution is -0.162. The number of nitrogens with one attached hydrogen (secondary N) is 1. The number of carbonyl (C=O) groups is 2. The lowest BCUT2D eigenvalue weighted by Crippen LogP contribution is -2.51. The Morgan fingerprint density at radius 2 is 2.29 bits per heavy atom. The molecule has 0 spiro atoms. The van der Waals surface area contributed by atoms with E-state index in [1.807, 2.05) is 0 Å². The molecule has 17 heavy (non-hydrogen) atoms. The van der Waals surface area contributed by atoms with Crippen molar-refractivity contribution in [1.29, 1.82) is 0 Å². The Labute approximate surface area is 97.2 Å². The first-order chi connectivity index (χ1) is 8.15. The molecule has 92 valence electrons. The monoisotopic (exact) mass is 239 g/mol. The quantitative estimate of drug-likeness (QED) is 0.700. The predicted octanol–water partition coefficient (Wildman–Crippen LogP) is -0.0168. The number of aromatic nitrogens is 2. The molecule has 0 aliphatic heterocycles. The van der Waals surface area contributed by atoms with Crippen LogP contribution in [0.2, 0.25) is 0 Å². The lowest BCUT2D eigenvalue weighted by atomic mass is 9.68. The molecule has 0 bridgehead atoms. The van der Waals surface area contributed by atoms with Crippen molar-refractivity contribution >= 4 is 11.9 Å². The molecule has 2 N–H and O–H groups in total. The van der Waals surface area contributed by atoms with Crippen molar-refractivity contribution in [2.24, 2.45) is 5.41 Å². The van der Waals surface area contributed by atoms with E-state index in [9.17, 15) is 9.59 Å². The number of carboxylic acids is 1. The van der Waals surface area contributed by atoms with Crippen LogP contribution in [0, 0.1) is 5.41 Å². The van der Waals surface area contributed by atoms with Gasteiger partial charge in [-0.25, -0.2) is 0 Å². The zero-order chi connectivity index (χ0) is 12.3. The maximum absolute atomic E-state index is 11.8. The number of carboxylic acid groups (broad SMARTS) is 1. The second-order valence-corrected chi connectivity index (χ2v) is 4.09. The molecule has 1 heterocycles. The van der Waals surface area contributed by atoms with Gasteiger partial charge in [0.1, 0.15) is 5.41 Å². The van der Waals surface area contributed by atoms with E-state index in [0.717, 1.165) is 6.42 Å². The fourth-order valence-corrected chi connectivity index (χ4v) is 1.83. The minimum Gasteiger partial charge on any atom is -0.480 e. The van der Waals surface area contributed by atoms with E-state index in [1.165, 1.54) is 6.39 Å². The van der Waals surface area contributed by atoms with E-state index < -0.39 is 17.3 Å². The summed E-state index contributed by atoms with van der Waals surface area (Å²) in [6, 6.07) is 0. The molecule has 0 saturated heterocycles. The Hall–Kier alpha value is -1.92. The van der Waals surface area contributed by atoms with Crippen LogP contribution in [0.15, 0.2) is 10.9 Å². The summed E-state index contributed by atoms with van der Waals surface area (Å²) < 4.78 is 4.54. The van der Waals surface area contributed by atoms with Crippen molar-refractivity contribution in [2.45, 2.75) is 25.7 Å². The van der Waals surface area contributed by atoms with Crippen LogP contribution in [0.5, 0.6) is 0 Å². The molecule has 0 radical (unpaired) electrons.